The number of aromatic hydroxyl groups is 1. The second-order valence-corrected chi connectivity index (χ2v) is 6.16. The van der Waals surface area contributed by atoms with E-state index in [1.807, 2.05) is 29.2 Å². The molecule has 1 heterocycles. The van der Waals surface area contributed by atoms with Gasteiger partial charge in [0.1, 0.15) is 5.75 Å². The van der Waals surface area contributed by atoms with Gasteiger partial charge in [0.2, 0.25) is 0 Å². The predicted octanol–water partition coefficient (Wildman–Crippen LogP) is 4.21. The number of phenols is 1. The van der Waals surface area contributed by atoms with Crippen LogP contribution < -0.4 is 5.32 Å². The van der Waals surface area contributed by atoms with E-state index >= 15 is 0 Å². The van der Waals surface area contributed by atoms with E-state index < -0.39 is 0 Å². The van der Waals surface area contributed by atoms with Crippen LogP contribution in [-0.2, 0) is 0 Å². The van der Waals surface area contributed by atoms with Gasteiger partial charge in [-0.15, -0.1) is 0 Å². The van der Waals surface area contributed by atoms with Gasteiger partial charge in [0.25, 0.3) is 5.91 Å². The Morgan fingerprint density at radius 2 is 2.00 bits per heavy atom. The van der Waals surface area contributed by atoms with E-state index in [0.717, 1.165) is 10.8 Å². The van der Waals surface area contributed by atoms with Crippen LogP contribution in [0.2, 0.25) is 5.02 Å². The predicted molar refractivity (Wildman–Crippen MR) is 96.4 cm³/mol. The van der Waals surface area contributed by atoms with Crippen LogP contribution in [0.5, 0.6) is 5.75 Å². The molecule has 122 valence electrons. The summed E-state index contributed by atoms with van der Waals surface area (Å²) in [6, 6.07) is 11.6. The van der Waals surface area contributed by atoms with E-state index in [1.165, 1.54) is 12.1 Å². The molecule has 24 heavy (non-hydrogen) atoms. The Morgan fingerprint density at radius 1 is 1.25 bits per heavy atom. The van der Waals surface area contributed by atoms with Crippen molar-refractivity contribution in [1.29, 1.82) is 0 Å². The third-order valence-corrected chi connectivity index (χ3v) is 4.31. The number of imidazole rings is 1. The molecule has 0 aliphatic heterocycles. The van der Waals surface area contributed by atoms with Crippen LogP contribution in [0.4, 0.5) is 5.69 Å². The fraction of sp³-hybridized carbons (Fsp3) is 0.0588. The largest absolute Gasteiger partial charge is 0.506 e. The van der Waals surface area contributed by atoms with E-state index in [4.69, 9.17) is 11.6 Å². The highest BCUT2D eigenvalue weighted by atomic mass is 35.5. The molecule has 0 bridgehead atoms. The Labute approximate surface area is 148 Å². The number of nitrogens with zero attached hydrogens (tertiary/aromatic N) is 2. The van der Waals surface area contributed by atoms with Crippen LogP contribution in [0.15, 0.2) is 60.0 Å². The maximum Gasteiger partial charge on any atom is 0.255 e. The van der Waals surface area contributed by atoms with Gasteiger partial charge in [-0.2, -0.15) is 0 Å². The molecule has 3 aromatic rings. The van der Waals surface area contributed by atoms with Gasteiger partial charge in [-0.05, 0) is 48.7 Å². The molecule has 0 saturated carbocycles. The topological polar surface area (TPSA) is 67.2 Å². The normalized spacial score (nSPS) is 10.6. The fourth-order valence-electron chi connectivity index (χ4n) is 2.21. The lowest BCUT2D eigenvalue weighted by molar-refractivity contribution is 0.102. The summed E-state index contributed by atoms with van der Waals surface area (Å²) in [5.41, 5.74) is 1.67. The van der Waals surface area contributed by atoms with Gasteiger partial charge in [0.05, 0.1) is 5.69 Å². The van der Waals surface area contributed by atoms with Crippen molar-refractivity contribution in [1.82, 2.24) is 9.55 Å². The number of thioether (sulfide) groups is 1. The lowest BCUT2D eigenvalue weighted by atomic mass is 10.2. The number of halogens is 1. The van der Waals surface area contributed by atoms with Crippen LogP contribution in [-0.4, -0.2) is 26.8 Å². The Bertz CT molecular complexity index is 878. The van der Waals surface area contributed by atoms with Gasteiger partial charge in [-0.25, -0.2) is 4.98 Å². The lowest BCUT2D eigenvalue weighted by Crippen LogP contribution is -2.12. The molecule has 2 N–H and O–H groups in total. The highest BCUT2D eigenvalue weighted by molar-refractivity contribution is 7.98. The van der Waals surface area contributed by atoms with E-state index in [0.29, 0.717) is 10.6 Å². The number of phenolic OH excluding ortho intramolecular Hbond substituents is 1. The molecule has 2 aromatic carbocycles. The second-order valence-electron chi connectivity index (χ2n) is 4.95. The molecule has 7 heteroatoms. The summed E-state index contributed by atoms with van der Waals surface area (Å²) >= 11 is 7.42. The van der Waals surface area contributed by atoms with Gasteiger partial charge in [-0.3, -0.25) is 9.36 Å². The molecule has 0 aliphatic rings. The second kappa shape index (κ2) is 6.98. The average Bonchev–Trinajstić information content (AvgIpc) is 3.07. The van der Waals surface area contributed by atoms with Gasteiger partial charge in [0.15, 0.2) is 5.16 Å². The summed E-state index contributed by atoms with van der Waals surface area (Å²) in [4.78, 5) is 16.6. The maximum atomic E-state index is 12.3. The molecule has 1 aromatic heterocycles. The molecule has 1 amide bonds. The highest BCUT2D eigenvalue weighted by Gasteiger charge is 2.10. The maximum absolute atomic E-state index is 12.3. The minimum Gasteiger partial charge on any atom is -0.506 e. The molecular weight excluding hydrogens is 346 g/mol. The first-order chi connectivity index (χ1) is 11.6. The zero-order valence-corrected chi connectivity index (χ0v) is 14.3. The van der Waals surface area contributed by atoms with E-state index in [1.54, 1.807) is 36.2 Å². The Morgan fingerprint density at radius 3 is 2.71 bits per heavy atom. The Hall–Kier alpha value is -2.44. The molecule has 0 spiro atoms. The summed E-state index contributed by atoms with van der Waals surface area (Å²) in [5, 5.41) is 13.7. The fourth-order valence-corrected chi connectivity index (χ4v) is 2.91. The third kappa shape index (κ3) is 3.39. The minimum absolute atomic E-state index is 0.0348. The van der Waals surface area contributed by atoms with Crippen LogP contribution >= 0.6 is 23.4 Å². The molecular formula is C17H14ClN3O2S. The number of carbonyl (C=O) groups is 1. The number of rotatable bonds is 4. The molecule has 0 aliphatic carbocycles. The van der Waals surface area contributed by atoms with Crippen molar-refractivity contribution in [3.63, 3.8) is 0 Å². The monoisotopic (exact) mass is 359 g/mol. The summed E-state index contributed by atoms with van der Waals surface area (Å²) in [7, 11) is 0. The van der Waals surface area contributed by atoms with Crippen molar-refractivity contribution in [2.75, 3.05) is 11.6 Å². The Kier molecular flexibility index (Phi) is 4.78. The van der Waals surface area contributed by atoms with Gasteiger partial charge in [-0.1, -0.05) is 23.4 Å². The smallest absolute Gasteiger partial charge is 0.255 e. The standard InChI is InChI=1S/C17H14ClN3O2S/c1-24-17-19-8-9-21(17)13-5-2-11(3-6-13)16(23)20-14-10-12(18)4-7-15(14)22/h2-10,22H,1H3,(H,20,23). The van der Waals surface area contributed by atoms with Crippen molar-refractivity contribution < 1.29 is 9.90 Å². The number of hydrogen-bond acceptors (Lipinski definition) is 4. The SMILES string of the molecule is CSc1nccn1-c1ccc(C(=O)Nc2cc(Cl)ccc2O)cc1. The van der Waals surface area contributed by atoms with Crippen LogP contribution in [0.3, 0.4) is 0 Å². The van der Waals surface area contributed by atoms with Crippen molar-refractivity contribution in [2.24, 2.45) is 0 Å². The summed E-state index contributed by atoms with van der Waals surface area (Å²) in [6.07, 6.45) is 5.55. The van der Waals surface area contributed by atoms with Crippen LogP contribution in [0.25, 0.3) is 5.69 Å². The van der Waals surface area contributed by atoms with E-state index in [2.05, 4.69) is 10.3 Å². The van der Waals surface area contributed by atoms with Crippen molar-refractivity contribution >= 4 is 35.0 Å². The Balaban J connectivity index is 1.80. The molecule has 0 atom stereocenters. The molecule has 0 fully saturated rings. The number of anilines is 1. The summed E-state index contributed by atoms with van der Waals surface area (Å²) in [6.45, 7) is 0. The molecule has 5 nitrogen and oxygen atoms in total. The zero-order chi connectivity index (χ0) is 17.1. The van der Waals surface area contributed by atoms with E-state index in [-0.39, 0.29) is 17.3 Å². The van der Waals surface area contributed by atoms with Crippen molar-refractivity contribution in [2.45, 2.75) is 5.16 Å². The van der Waals surface area contributed by atoms with Gasteiger partial charge < -0.3 is 10.4 Å². The van der Waals surface area contributed by atoms with Gasteiger partial charge in [0, 0.05) is 28.7 Å². The number of benzene rings is 2. The molecule has 0 saturated heterocycles. The first-order valence-electron chi connectivity index (χ1n) is 7.06. The first-order valence-corrected chi connectivity index (χ1v) is 8.66. The van der Waals surface area contributed by atoms with Gasteiger partial charge >= 0.3 is 0 Å². The minimum atomic E-state index is -0.324. The van der Waals surface area contributed by atoms with Crippen molar-refractivity contribution in [3.05, 3.63) is 65.4 Å². The van der Waals surface area contributed by atoms with Crippen molar-refractivity contribution in [3.8, 4) is 11.4 Å². The zero-order valence-electron chi connectivity index (χ0n) is 12.7. The molecule has 0 unspecified atom stereocenters. The lowest BCUT2D eigenvalue weighted by Gasteiger charge is -2.09. The van der Waals surface area contributed by atoms with Crippen LogP contribution in [0, 0.1) is 0 Å². The number of amides is 1. The third-order valence-electron chi connectivity index (χ3n) is 3.40. The van der Waals surface area contributed by atoms with Crippen LogP contribution in [0.1, 0.15) is 10.4 Å². The number of carbonyl (C=O) groups excluding carboxylic acids is 1. The quantitative estimate of drug-likeness (QED) is 0.541. The highest BCUT2D eigenvalue weighted by Crippen LogP contribution is 2.27. The van der Waals surface area contributed by atoms with E-state index in [9.17, 15) is 9.90 Å². The first kappa shape index (κ1) is 16.4. The number of aromatic nitrogens is 2. The summed E-state index contributed by atoms with van der Waals surface area (Å²) < 4.78 is 1.94. The molecule has 0 radical (unpaired) electrons. The average molecular weight is 360 g/mol. The summed E-state index contributed by atoms with van der Waals surface area (Å²) in [5.74, 6) is -0.359. The number of hydrogen-bond donors (Lipinski definition) is 2. The molecule has 3 rings (SSSR count). The number of nitrogens with one attached hydrogen (secondary N) is 1.